The topological polar surface area (TPSA) is 44.7 Å². The number of halogens is 1. The monoisotopic (exact) mass is 569 g/mol. The summed E-state index contributed by atoms with van der Waals surface area (Å²) in [6.45, 7) is 9.80. The summed E-state index contributed by atoms with van der Waals surface area (Å²) in [5, 5.41) is 12.4. The first kappa shape index (κ1) is 27.3. The molecular formula is C36H44ClN3O. The van der Waals surface area contributed by atoms with Crippen molar-refractivity contribution in [2.75, 3.05) is 10.3 Å². The Kier molecular flexibility index (Phi) is 6.47. The van der Waals surface area contributed by atoms with E-state index < -0.39 is 0 Å². The van der Waals surface area contributed by atoms with Gasteiger partial charge in [0.1, 0.15) is 0 Å². The van der Waals surface area contributed by atoms with Gasteiger partial charge in [0, 0.05) is 17.1 Å². The predicted molar refractivity (Wildman–Crippen MR) is 169 cm³/mol. The number of rotatable bonds is 4. The molecule has 1 heterocycles. The maximum Gasteiger partial charge on any atom is 0.155 e. The van der Waals surface area contributed by atoms with Gasteiger partial charge in [-0.05, 0) is 136 Å². The van der Waals surface area contributed by atoms with Gasteiger partial charge in [-0.1, -0.05) is 49.2 Å². The lowest BCUT2D eigenvalue weighted by molar-refractivity contribution is -0.117. The summed E-state index contributed by atoms with van der Waals surface area (Å²) in [7, 11) is 0. The molecular weight excluding hydrogens is 526 g/mol. The molecule has 0 spiro atoms. The van der Waals surface area contributed by atoms with Crippen molar-refractivity contribution in [3.63, 3.8) is 0 Å². The second-order valence-electron chi connectivity index (χ2n) is 14.3. The first-order chi connectivity index (χ1) is 19.6. The van der Waals surface area contributed by atoms with Crippen LogP contribution in [-0.2, 0) is 4.79 Å². The summed E-state index contributed by atoms with van der Waals surface area (Å²) in [5.74, 6) is 3.00. The molecule has 1 N–H and O–H groups in total. The van der Waals surface area contributed by atoms with Crippen molar-refractivity contribution >= 4 is 34.5 Å². The highest BCUT2D eigenvalue weighted by Crippen LogP contribution is 2.69. The van der Waals surface area contributed by atoms with Crippen LogP contribution in [0.4, 0.5) is 11.4 Å². The first-order valence-electron chi connectivity index (χ1n) is 15.8. The van der Waals surface area contributed by atoms with Gasteiger partial charge in [-0.15, -0.1) is 0 Å². The molecule has 0 amide bonds. The van der Waals surface area contributed by atoms with Crippen LogP contribution in [0.1, 0.15) is 79.1 Å². The average molecular weight is 570 g/mol. The second-order valence-corrected chi connectivity index (χ2v) is 14.8. The summed E-state index contributed by atoms with van der Waals surface area (Å²) in [4.78, 5) is 12.3. The molecule has 0 radical (unpaired) electrons. The maximum absolute atomic E-state index is 12.3. The van der Waals surface area contributed by atoms with Gasteiger partial charge in [0.25, 0.3) is 0 Å². The standard InChI is InChI=1S/C36H44ClN3O/c1-23-33(38-26-13-11-25(37)12-14-26)36(4,40(39-23)27-8-6-5-7-9-27)32-17-16-30-29-15-10-24-22-28(41)18-20-34(24,2)31(29)19-21-35(30,32)3/h5-9,11-14,22,29-33,38H,10,15-21H2,1-4H3/t29-,30-,31-,32-,33?,34-,35-,36?/m0/s1. The number of nitrogens with one attached hydrogen (secondary N) is 1. The van der Waals surface area contributed by atoms with Crippen molar-refractivity contribution in [2.45, 2.75) is 90.6 Å². The van der Waals surface area contributed by atoms with E-state index in [1.807, 2.05) is 18.2 Å². The molecule has 2 aromatic rings. The van der Waals surface area contributed by atoms with Crippen LogP contribution in [0.15, 0.2) is 71.3 Å². The molecule has 0 aromatic heterocycles. The summed E-state index contributed by atoms with van der Waals surface area (Å²) in [5.41, 5.74) is 5.09. The first-order valence-corrected chi connectivity index (χ1v) is 16.2. The molecule has 3 fully saturated rings. The number of ketones is 1. The van der Waals surface area contributed by atoms with Crippen molar-refractivity contribution in [3.8, 4) is 0 Å². The van der Waals surface area contributed by atoms with Crippen LogP contribution in [-0.4, -0.2) is 23.1 Å². The van der Waals surface area contributed by atoms with E-state index in [9.17, 15) is 4.79 Å². The molecule has 41 heavy (non-hydrogen) atoms. The Morgan fingerprint density at radius 1 is 0.902 bits per heavy atom. The van der Waals surface area contributed by atoms with Gasteiger partial charge in [-0.2, -0.15) is 5.10 Å². The van der Waals surface area contributed by atoms with E-state index in [2.05, 4.69) is 80.5 Å². The number of para-hydroxylation sites is 1. The van der Waals surface area contributed by atoms with Crippen molar-refractivity contribution in [1.29, 1.82) is 0 Å². The molecule has 2 aromatic carbocycles. The number of anilines is 2. The smallest absolute Gasteiger partial charge is 0.155 e. The summed E-state index contributed by atoms with van der Waals surface area (Å²) >= 11 is 6.25. The molecule has 0 bridgehead atoms. The van der Waals surface area contributed by atoms with E-state index in [1.165, 1.54) is 43.4 Å². The fourth-order valence-electron chi connectivity index (χ4n) is 10.6. The summed E-state index contributed by atoms with van der Waals surface area (Å²) in [6.07, 6.45) is 11.2. The normalized spacial score (nSPS) is 39.9. The molecule has 8 atom stereocenters. The Labute approximate surface area is 250 Å². The summed E-state index contributed by atoms with van der Waals surface area (Å²) < 4.78 is 0. The van der Waals surface area contributed by atoms with Gasteiger partial charge in [-0.3, -0.25) is 9.80 Å². The number of carbonyl (C=O) groups is 1. The highest BCUT2D eigenvalue weighted by atomic mass is 35.5. The van der Waals surface area contributed by atoms with Gasteiger partial charge < -0.3 is 5.32 Å². The highest BCUT2D eigenvalue weighted by molar-refractivity contribution is 6.30. The maximum atomic E-state index is 12.3. The third-order valence-electron chi connectivity index (χ3n) is 12.5. The number of carbonyl (C=O) groups excluding carboxylic acids is 1. The molecule has 1 aliphatic heterocycles. The number of allylic oxidation sites excluding steroid dienone is 1. The van der Waals surface area contributed by atoms with E-state index in [-0.39, 0.29) is 22.4 Å². The van der Waals surface area contributed by atoms with Crippen molar-refractivity contribution < 1.29 is 4.79 Å². The van der Waals surface area contributed by atoms with Gasteiger partial charge in [0.15, 0.2) is 5.78 Å². The van der Waals surface area contributed by atoms with Crippen LogP contribution >= 0.6 is 11.6 Å². The minimum atomic E-state index is -0.220. The Morgan fingerprint density at radius 3 is 2.41 bits per heavy atom. The molecule has 5 aliphatic rings. The Balaban J connectivity index is 1.26. The fraction of sp³-hybridized carbons (Fsp3) is 0.556. The molecule has 216 valence electrons. The number of hydrazone groups is 1. The number of hydrogen-bond donors (Lipinski definition) is 1. The molecule has 5 heteroatoms. The lowest BCUT2D eigenvalue weighted by Gasteiger charge is -2.60. The van der Waals surface area contributed by atoms with Crippen molar-refractivity contribution in [2.24, 2.45) is 39.6 Å². The largest absolute Gasteiger partial charge is 0.375 e. The minimum Gasteiger partial charge on any atom is -0.375 e. The van der Waals surface area contributed by atoms with Gasteiger partial charge in [0.2, 0.25) is 0 Å². The van der Waals surface area contributed by atoms with E-state index in [1.54, 1.807) is 0 Å². The predicted octanol–water partition coefficient (Wildman–Crippen LogP) is 8.92. The van der Waals surface area contributed by atoms with Crippen LogP contribution in [0.25, 0.3) is 0 Å². The van der Waals surface area contributed by atoms with Gasteiger partial charge in [-0.25, -0.2) is 0 Å². The molecule has 0 saturated heterocycles. The van der Waals surface area contributed by atoms with E-state index in [4.69, 9.17) is 16.7 Å². The van der Waals surface area contributed by atoms with E-state index in [0.29, 0.717) is 23.5 Å². The summed E-state index contributed by atoms with van der Waals surface area (Å²) in [6, 6.07) is 19.0. The average Bonchev–Trinajstić information content (AvgIpc) is 3.45. The molecule has 2 unspecified atom stereocenters. The number of benzene rings is 2. The van der Waals surface area contributed by atoms with Crippen LogP contribution in [0, 0.1) is 34.5 Å². The third-order valence-corrected chi connectivity index (χ3v) is 12.8. The molecule has 7 rings (SSSR count). The number of fused-ring (bicyclic) bond motifs is 5. The lowest BCUT2D eigenvalue weighted by atomic mass is 9.46. The Hall–Kier alpha value is -2.59. The van der Waals surface area contributed by atoms with Crippen molar-refractivity contribution in [1.82, 2.24) is 0 Å². The lowest BCUT2D eigenvalue weighted by Crippen LogP contribution is -2.62. The Bertz CT molecular complexity index is 1400. The quantitative estimate of drug-likeness (QED) is 0.400. The van der Waals surface area contributed by atoms with E-state index >= 15 is 0 Å². The van der Waals surface area contributed by atoms with Crippen LogP contribution in [0.2, 0.25) is 5.02 Å². The van der Waals surface area contributed by atoms with Gasteiger partial charge in [0.05, 0.1) is 23.0 Å². The Morgan fingerprint density at radius 2 is 1.66 bits per heavy atom. The molecule has 4 nitrogen and oxygen atoms in total. The SMILES string of the molecule is CC1=NN(c2ccccc2)C(C)([C@H]2CC[C@H]3[C@@H]4CCC5=CC(=O)CC[C@]5(C)[C@H]4CC[C@]23C)C1Nc1ccc(Cl)cc1. The number of nitrogens with zero attached hydrogens (tertiary/aromatic N) is 2. The fourth-order valence-corrected chi connectivity index (χ4v) is 10.7. The molecule has 3 saturated carbocycles. The zero-order valence-electron chi connectivity index (χ0n) is 25.0. The zero-order chi connectivity index (χ0) is 28.6. The zero-order valence-corrected chi connectivity index (χ0v) is 25.8. The van der Waals surface area contributed by atoms with E-state index in [0.717, 1.165) is 41.6 Å². The van der Waals surface area contributed by atoms with Crippen LogP contribution < -0.4 is 10.3 Å². The van der Waals surface area contributed by atoms with Gasteiger partial charge >= 0.3 is 0 Å². The number of hydrogen-bond acceptors (Lipinski definition) is 4. The van der Waals surface area contributed by atoms with Crippen LogP contribution in [0.5, 0.6) is 0 Å². The van der Waals surface area contributed by atoms with Crippen molar-refractivity contribution in [3.05, 3.63) is 71.3 Å². The van der Waals surface area contributed by atoms with Crippen LogP contribution in [0.3, 0.4) is 0 Å². The second kappa shape index (κ2) is 9.73. The molecule has 4 aliphatic carbocycles. The minimum absolute atomic E-state index is 0.0879. The third kappa shape index (κ3) is 4.07. The highest BCUT2D eigenvalue weighted by Gasteiger charge is 2.65.